The normalized spacial score (nSPS) is 25.4. The Hall–Kier alpha value is -1.91. The zero-order valence-corrected chi connectivity index (χ0v) is 11.6. The summed E-state index contributed by atoms with van der Waals surface area (Å²) in [4.78, 5) is 23.9. The highest BCUT2D eigenvalue weighted by atomic mass is 19.1. The maximum Gasteiger partial charge on any atom is 0.329 e. The van der Waals surface area contributed by atoms with Gasteiger partial charge in [0.05, 0.1) is 6.61 Å². The summed E-state index contributed by atoms with van der Waals surface area (Å²) < 4.78 is 18.1. The van der Waals surface area contributed by atoms with Crippen LogP contribution in [-0.4, -0.2) is 24.5 Å². The second kappa shape index (κ2) is 5.61. The number of amides is 1. The minimum absolute atomic E-state index is 0.186. The highest BCUT2D eigenvalue weighted by molar-refractivity contribution is 5.91. The van der Waals surface area contributed by atoms with E-state index in [1.807, 2.05) is 6.92 Å². The number of nitrogens with one attached hydrogen (secondary N) is 1. The first-order chi connectivity index (χ1) is 9.53. The van der Waals surface area contributed by atoms with E-state index in [9.17, 15) is 14.0 Å². The third-order valence-electron chi connectivity index (χ3n) is 3.91. The first-order valence-corrected chi connectivity index (χ1v) is 6.75. The third-order valence-corrected chi connectivity index (χ3v) is 3.91. The highest BCUT2D eigenvalue weighted by Gasteiger charge is 2.51. The van der Waals surface area contributed by atoms with E-state index in [1.54, 1.807) is 19.1 Å². The molecule has 0 aromatic heterocycles. The van der Waals surface area contributed by atoms with Crippen molar-refractivity contribution in [2.75, 3.05) is 6.61 Å². The van der Waals surface area contributed by atoms with E-state index in [0.29, 0.717) is 6.42 Å². The molecule has 20 heavy (non-hydrogen) atoms. The molecule has 1 aromatic rings. The van der Waals surface area contributed by atoms with E-state index >= 15 is 0 Å². The van der Waals surface area contributed by atoms with E-state index in [2.05, 4.69) is 5.32 Å². The lowest BCUT2D eigenvalue weighted by atomic mass is 9.72. The standard InChI is InChI=1S/C15H18FNO3/c1-3-15(10-5-7-11(16)8-6-10)9-12(18)17-13(15)14(19)20-4-2/h5-8,13H,3-4,9H2,1-2H3,(H,17,18). The predicted octanol–water partition coefficient (Wildman–Crippen LogP) is 1.93. The van der Waals surface area contributed by atoms with Gasteiger partial charge in [-0.15, -0.1) is 0 Å². The zero-order chi connectivity index (χ0) is 14.8. The second-order valence-corrected chi connectivity index (χ2v) is 4.95. The molecule has 0 bridgehead atoms. The fourth-order valence-corrected chi connectivity index (χ4v) is 2.83. The number of carbonyl (C=O) groups is 2. The van der Waals surface area contributed by atoms with Crippen LogP contribution in [0.3, 0.4) is 0 Å². The molecule has 108 valence electrons. The fraction of sp³-hybridized carbons (Fsp3) is 0.467. The van der Waals surface area contributed by atoms with Gasteiger partial charge in [0.25, 0.3) is 0 Å². The Bertz CT molecular complexity index is 514. The summed E-state index contributed by atoms with van der Waals surface area (Å²) in [7, 11) is 0. The smallest absolute Gasteiger partial charge is 0.329 e. The van der Waals surface area contributed by atoms with Crippen LogP contribution in [0.4, 0.5) is 4.39 Å². The van der Waals surface area contributed by atoms with Gasteiger partial charge in [0, 0.05) is 11.8 Å². The fourth-order valence-electron chi connectivity index (χ4n) is 2.83. The molecule has 5 heteroatoms. The molecule has 1 saturated heterocycles. The molecule has 1 amide bonds. The Morgan fingerprint density at radius 2 is 2.05 bits per heavy atom. The van der Waals surface area contributed by atoms with Crippen LogP contribution in [0.2, 0.25) is 0 Å². The van der Waals surface area contributed by atoms with Crippen LogP contribution in [0.15, 0.2) is 24.3 Å². The number of rotatable bonds is 4. The van der Waals surface area contributed by atoms with Crippen LogP contribution in [0, 0.1) is 5.82 Å². The number of esters is 1. The summed E-state index contributed by atoms with van der Waals surface area (Å²) in [5, 5.41) is 2.69. The summed E-state index contributed by atoms with van der Waals surface area (Å²) in [5.74, 6) is -0.969. The average molecular weight is 279 g/mol. The monoisotopic (exact) mass is 279 g/mol. The van der Waals surface area contributed by atoms with Gasteiger partial charge >= 0.3 is 5.97 Å². The molecule has 2 rings (SSSR count). The Morgan fingerprint density at radius 3 is 2.60 bits per heavy atom. The molecule has 1 aliphatic heterocycles. The van der Waals surface area contributed by atoms with Crippen molar-refractivity contribution in [1.82, 2.24) is 5.32 Å². The summed E-state index contributed by atoms with van der Waals surface area (Å²) in [5.41, 5.74) is 0.106. The largest absolute Gasteiger partial charge is 0.464 e. The first-order valence-electron chi connectivity index (χ1n) is 6.75. The SMILES string of the molecule is CCOC(=O)C1NC(=O)CC1(CC)c1ccc(F)cc1. The molecule has 0 saturated carbocycles. The lowest BCUT2D eigenvalue weighted by Gasteiger charge is -2.32. The average Bonchev–Trinajstić information content (AvgIpc) is 2.78. The van der Waals surface area contributed by atoms with Crippen molar-refractivity contribution in [2.45, 2.75) is 38.1 Å². The zero-order valence-electron chi connectivity index (χ0n) is 11.6. The van der Waals surface area contributed by atoms with Crippen LogP contribution in [0.1, 0.15) is 32.3 Å². The van der Waals surface area contributed by atoms with E-state index in [4.69, 9.17) is 4.74 Å². The predicted molar refractivity (Wildman–Crippen MR) is 71.5 cm³/mol. The molecule has 0 radical (unpaired) electrons. The Morgan fingerprint density at radius 1 is 1.40 bits per heavy atom. The molecule has 0 spiro atoms. The molecular weight excluding hydrogens is 261 g/mol. The van der Waals surface area contributed by atoms with Gasteiger partial charge in [-0.3, -0.25) is 4.79 Å². The summed E-state index contributed by atoms with van der Waals surface area (Å²) in [6, 6.07) is 5.23. The Labute approximate surface area is 117 Å². The van der Waals surface area contributed by atoms with Gasteiger partial charge in [0.1, 0.15) is 11.9 Å². The lowest BCUT2D eigenvalue weighted by Crippen LogP contribution is -2.47. The van der Waals surface area contributed by atoms with E-state index in [1.165, 1.54) is 12.1 Å². The molecule has 0 aliphatic carbocycles. The molecule has 4 nitrogen and oxygen atoms in total. The van der Waals surface area contributed by atoms with Crippen molar-refractivity contribution in [2.24, 2.45) is 0 Å². The molecular formula is C15H18FNO3. The van der Waals surface area contributed by atoms with Crippen LogP contribution in [0.25, 0.3) is 0 Å². The van der Waals surface area contributed by atoms with Gasteiger partial charge in [-0.25, -0.2) is 9.18 Å². The summed E-state index contributed by atoms with van der Waals surface area (Å²) in [6.07, 6.45) is 0.791. The molecule has 2 atom stereocenters. The van der Waals surface area contributed by atoms with Gasteiger partial charge in [0.15, 0.2) is 0 Å². The number of halogens is 1. The molecule has 1 aliphatic rings. The highest BCUT2D eigenvalue weighted by Crippen LogP contribution is 2.39. The Kier molecular flexibility index (Phi) is 4.06. The molecule has 1 heterocycles. The second-order valence-electron chi connectivity index (χ2n) is 4.95. The first kappa shape index (κ1) is 14.5. The molecule has 2 unspecified atom stereocenters. The van der Waals surface area contributed by atoms with E-state index in [0.717, 1.165) is 5.56 Å². The van der Waals surface area contributed by atoms with E-state index in [-0.39, 0.29) is 24.8 Å². The van der Waals surface area contributed by atoms with Gasteiger partial charge in [-0.2, -0.15) is 0 Å². The number of carbonyl (C=O) groups excluding carboxylic acids is 2. The van der Waals surface area contributed by atoms with Crippen molar-refractivity contribution in [3.8, 4) is 0 Å². The molecule has 1 N–H and O–H groups in total. The van der Waals surface area contributed by atoms with E-state index < -0.39 is 17.4 Å². The third kappa shape index (κ3) is 2.40. The number of ether oxygens (including phenoxy) is 1. The quantitative estimate of drug-likeness (QED) is 0.857. The summed E-state index contributed by atoms with van der Waals surface area (Å²) >= 11 is 0. The van der Waals surface area contributed by atoms with Gasteiger partial charge in [-0.1, -0.05) is 19.1 Å². The molecule has 1 fully saturated rings. The Balaban J connectivity index is 2.42. The molecule has 1 aromatic carbocycles. The van der Waals surface area contributed by atoms with Crippen molar-refractivity contribution in [3.63, 3.8) is 0 Å². The lowest BCUT2D eigenvalue weighted by molar-refractivity contribution is -0.147. The van der Waals surface area contributed by atoms with Crippen LogP contribution >= 0.6 is 0 Å². The maximum atomic E-state index is 13.1. The van der Waals surface area contributed by atoms with Crippen molar-refractivity contribution < 1.29 is 18.7 Å². The topological polar surface area (TPSA) is 55.4 Å². The van der Waals surface area contributed by atoms with Crippen molar-refractivity contribution in [3.05, 3.63) is 35.6 Å². The van der Waals surface area contributed by atoms with Gasteiger partial charge in [-0.05, 0) is 31.0 Å². The van der Waals surface area contributed by atoms with Gasteiger partial charge < -0.3 is 10.1 Å². The van der Waals surface area contributed by atoms with Gasteiger partial charge in [0.2, 0.25) is 5.91 Å². The van der Waals surface area contributed by atoms with Crippen LogP contribution in [-0.2, 0) is 19.7 Å². The minimum Gasteiger partial charge on any atom is -0.464 e. The van der Waals surface area contributed by atoms with Crippen molar-refractivity contribution >= 4 is 11.9 Å². The number of hydrogen-bond acceptors (Lipinski definition) is 3. The minimum atomic E-state index is -0.717. The number of benzene rings is 1. The van der Waals surface area contributed by atoms with Crippen molar-refractivity contribution in [1.29, 1.82) is 0 Å². The summed E-state index contributed by atoms with van der Waals surface area (Å²) in [6.45, 7) is 3.89. The number of hydrogen-bond donors (Lipinski definition) is 1. The van der Waals surface area contributed by atoms with Crippen LogP contribution in [0.5, 0.6) is 0 Å². The van der Waals surface area contributed by atoms with Crippen LogP contribution < -0.4 is 5.32 Å². The maximum absolute atomic E-state index is 13.1.